The molecule has 0 bridgehead atoms. The quantitative estimate of drug-likeness (QED) is 0.452. The average Bonchev–Trinajstić information content (AvgIpc) is 3.33. The Morgan fingerprint density at radius 1 is 1.25 bits per heavy atom. The van der Waals surface area contributed by atoms with Crippen molar-refractivity contribution < 1.29 is 19.1 Å². The normalized spacial score (nSPS) is 10.5. The molecule has 0 fully saturated rings. The summed E-state index contributed by atoms with van der Waals surface area (Å²) in [6, 6.07) is 10.8. The summed E-state index contributed by atoms with van der Waals surface area (Å²) < 4.78 is 6.79. The second-order valence-electron chi connectivity index (χ2n) is 5.45. The largest absolute Gasteiger partial charge is 0.451 e. The van der Waals surface area contributed by atoms with Crippen LogP contribution in [-0.2, 0) is 9.53 Å². The molecule has 1 aromatic carbocycles. The highest BCUT2D eigenvalue weighted by molar-refractivity contribution is 7.98. The first-order chi connectivity index (χ1) is 13.5. The van der Waals surface area contributed by atoms with Crippen LogP contribution in [0.5, 0.6) is 0 Å². The van der Waals surface area contributed by atoms with E-state index in [-0.39, 0.29) is 11.3 Å². The highest BCUT2D eigenvalue weighted by atomic mass is 32.2. The number of hydrogen-bond donors (Lipinski definition) is 2. The van der Waals surface area contributed by atoms with Gasteiger partial charge in [0.15, 0.2) is 17.5 Å². The van der Waals surface area contributed by atoms with Gasteiger partial charge in [-0.2, -0.15) is 0 Å². The summed E-state index contributed by atoms with van der Waals surface area (Å²) in [6.07, 6.45) is 3.26. The molecule has 8 nitrogen and oxygen atoms in total. The van der Waals surface area contributed by atoms with Gasteiger partial charge in [0.1, 0.15) is 5.00 Å². The summed E-state index contributed by atoms with van der Waals surface area (Å²) >= 11 is 2.54. The van der Waals surface area contributed by atoms with Crippen molar-refractivity contribution >= 4 is 45.9 Å². The van der Waals surface area contributed by atoms with Crippen LogP contribution in [0.25, 0.3) is 5.69 Å². The number of nitrogens with two attached hydrogens (primary N) is 1. The maximum Gasteiger partial charge on any atom is 0.357 e. The molecule has 144 valence electrons. The lowest BCUT2D eigenvalue weighted by Gasteiger charge is -2.10. The number of thiophene rings is 1. The van der Waals surface area contributed by atoms with Crippen molar-refractivity contribution in [3.8, 4) is 5.69 Å². The van der Waals surface area contributed by atoms with Crippen LogP contribution < -0.4 is 11.1 Å². The lowest BCUT2D eigenvalue weighted by atomic mass is 10.3. The van der Waals surface area contributed by atoms with Gasteiger partial charge in [0.2, 0.25) is 0 Å². The molecule has 2 amide bonds. The molecule has 0 saturated carbocycles. The number of rotatable bonds is 7. The molecule has 0 radical (unpaired) electrons. The number of esters is 1. The van der Waals surface area contributed by atoms with Crippen LogP contribution in [0.1, 0.15) is 20.8 Å². The first-order valence-corrected chi connectivity index (χ1v) is 10.1. The third-order valence-electron chi connectivity index (χ3n) is 3.65. The van der Waals surface area contributed by atoms with Gasteiger partial charge in [-0.1, -0.05) is 30.0 Å². The van der Waals surface area contributed by atoms with E-state index in [0.717, 1.165) is 17.0 Å². The number of benzene rings is 1. The smallest absolute Gasteiger partial charge is 0.357 e. The molecule has 28 heavy (non-hydrogen) atoms. The van der Waals surface area contributed by atoms with E-state index < -0.39 is 24.4 Å². The summed E-state index contributed by atoms with van der Waals surface area (Å²) in [5.74, 6) is -1.91. The number of imidazole rings is 1. The SMILES string of the molecule is CSc1ncc(C(=O)OCC(=O)Nc2sccc2C(N)=O)n1-c1ccccc1. The summed E-state index contributed by atoms with van der Waals surface area (Å²) in [4.78, 5) is 40.1. The van der Waals surface area contributed by atoms with E-state index in [4.69, 9.17) is 10.5 Å². The molecule has 0 aliphatic carbocycles. The standard InChI is InChI=1S/C18H16N4O4S2/c1-27-18-20-9-13(22(18)11-5-3-2-4-6-11)17(25)26-10-14(23)21-16-12(15(19)24)7-8-28-16/h2-9H,10H2,1H3,(H2,19,24)(H,21,23). The molecule has 2 aromatic heterocycles. The molecule has 0 saturated heterocycles. The number of thioether (sulfide) groups is 1. The Kier molecular flexibility index (Phi) is 6.12. The van der Waals surface area contributed by atoms with Crippen molar-refractivity contribution in [2.45, 2.75) is 5.16 Å². The molecule has 0 aliphatic heterocycles. The second kappa shape index (κ2) is 8.72. The second-order valence-corrected chi connectivity index (χ2v) is 7.14. The van der Waals surface area contributed by atoms with Gasteiger partial charge in [-0.25, -0.2) is 9.78 Å². The molecule has 2 heterocycles. The Labute approximate surface area is 168 Å². The first kappa shape index (κ1) is 19.6. The molecule has 3 rings (SSSR count). The number of carbonyl (C=O) groups is 3. The van der Waals surface area contributed by atoms with Crippen LogP contribution >= 0.6 is 23.1 Å². The third kappa shape index (κ3) is 4.24. The van der Waals surface area contributed by atoms with Crippen molar-refractivity contribution in [3.63, 3.8) is 0 Å². The molecule has 0 spiro atoms. The van der Waals surface area contributed by atoms with Crippen molar-refractivity contribution in [3.05, 3.63) is 59.2 Å². The van der Waals surface area contributed by atoms with Crippen LogP contribution in [0, 0.1) is 0 Å². The average molecular weight is 416 g/mol. The Morgan fingerprint density at radius 2 is 2.00 bits per heavy atom. The van der Waals surface area contributed by atoms with Gasteiger partial charge in [0.25, 0.3) is 11.8 Å². The van der Waals surface area contributed by atoms with E-state index >= 15 is 0 Å². The van der Waals surface area contributed by atoms with Gasteiger partial charge < -0.3 is 15.8 Å². The van der Waals surface area contributed by atoms with Crippen LogP contribution in [0.2, 0.25) is 0 Å². The van der Waals surface area contributed by atoms with E-state index in [2.05, 4.69) is 10.3 Å². The third-order valence-corrected chi connectivity index (χ3v) is 5.14. The van der Waals surface area contributed by atoms with Crippen molar-refractivity contribution in [2.24, 2.45) is 5.73 Å². The van der Waals surface area contributed by atoms with Gasteiger partial charge in [0, 0.05) is 5.69 Å². The van der Waals surface area contributed by atoms with Crippen LogP contribution in [0.15, 0.2) is 53.1 Å². The van der Waals surface area contributed by atoms with Gasteiger partial charge in [-0.15, -0.1) is 11.3 Å². The van der Waals surface area contributed by atoms with Crippen LogP contribution in [-0.4, -0.2) is 40.2 Å². The number of para-hydroxylation sites is 1. The Bertz CT molecular complexity index is 1010. The van der Waals surface area contributed by atoms with Gasteiger partial charge in [-0.05, 0) is 29.8 Å². The van der Waals surface area contributed by atoms with Crippen molar-refractivity contribution in [1.82, 2.24) is 9.55 Å². The Balaban J connectivity index is 1.70. The Morgan fingerprint density at radius 3 is 2.68 bits per heavy atom. The first-order valence-electron chi connectivity index (χ1n) is 8.02. The number of anilines is 1. The maximum absolute atomic E-state index is 12.5. The van der Waals surface area contributed by atoms with Gasteiger partial charge in [-0.3, -0.25) is 14.2 Å². The fourth-order valence-corrected chi connectivity index (χ4v) is 3.77. The Hall–Kier alpha value is -3.11. The molecule has 10 heteroatoms. The highest BCUT2D eigenvalue weighted by Gasteiger charge is 2.20. The minimum Gasteiger partial charge on any atom is -0.451 e. The van der Waals surface area contributed by atoms with E-state index in [0.29, 0.717) is 10.2 Å². The van der Waals surface area contributed by atoms with E-state index in [1.165, 1.54) is 24.0 Å². The zero-order chi connectivity index (χ0) is 20.1. The van der Waals surface area contributed by atoms with E-state index in [1.807, 2.05) is 36.6 Å². The zero-order valence-electron chi connectivity index (χ0n) is 14.7. The summed E-state index contributed by atoms with van der Waals surface area (Å²) in [7, 11) is 0. The van der Waals surface area contributed by atoms with E-state index in [1.54, 1.807) is 9.95 Å². The van der Waals surface area contributed by atoms with E-state index in [9.17, 15) is 14.4 Å². The molecular weight excluding hydrogens is 400 g/mol. The minimum absolute atomic E-state index is 0.205. The number of carbonyl (C=O) groups excluding carboxylic acids is 3. The lowest BCUT2D eigenvalue weighted by molar-refractivity contribution is -0.119. The predicted octanol–water partition coefficient (Wildman–Crippen LogP) is 2.55. The van der Waals surface area contributed by atoms with Crippen LogP contribution in [0.4, 0.5) is 5.00 Å². The molecule has 0 aliphatic rings. The number of primary amides is 1. The topological polar surface area (TPSA) is 116 Å². The number of hydrogen-bond acceptors (Lipinski definition) is 7. The molecule has 0 unspecified atom stereocenters. The number of aromatic nitrogens is 2. The number of nitrogens with one attached hydrogen (secondary N) is 1. The summed E-state index contributed by atoms with van der Waals surface area (Å²) in [5.41, 5.74) is 6.41. The fourth-order valence-electron chi connectivity index (χ4n) is 2.42. The number of ether oxygens (including phenoxy) is 1. The van der Waals surface area contributed by atoms with Crippen molar-refractivity contribution in [1.29, 1.82) is 0 Å². The van der Waals surface area contributed by atoms with Crippen LogP contribution in [0.3, 0.4) is 0 Å². The maximum atomic E-state index is 12.5. The zero-order valence-corrected chi connectivity index (χ0v) is 16.4. The summed E-state index contributed by atoms with van der Waals surface area (Å²) in [6.45, 7) is -0.510. The molecule has 3 N–H and O–H groups in total. The molecule has 0 atom stereocenters. The fraction of sp³-hybridized carbons (Fsp3) is 0.111. The highest BCUT2D eigenvalue weighted by Crippen LogP contribution is 2.23. The number of nitrogens with zero attached hydrogens (tertiary/aromatic N) is 2. The lowest BCUT2D eigenvalue weighted by Crippen LogP contribution is -2.23. The number of amides is 2. The van der Waals surface area contributed by atoms with Gasteiger partial charge in [0.05, 0.1) is 11.8 Å². The molecular formula is C18H16N4O4S2. The summed E-state index contributed by atoms with van der Waals surface area (Å²) in [5, 5.41) is 5.08. The monoisotopic (exact) mass is 416 g/mol. The molecule has 3 aromatic rings. The van der Waals surface area contributed by atoms with Gasteiger partial charge >= 0.3 is 5.97 Å². The van der Waals surface area contributed by atoms with Crippen molar-refractivity contribution in [2.75, 3.05) is 18.2 Å². The predicted molar refractivity (Wildman–Crippen MR) is 107 cm³/mol. The minimum atomic E-state index is -0.687.